The van der Waals surface area contributed by atoms with Crippen molar-refractivity contribution in [2.75, 3.05) is 38.4 Å². The number of morpholine rings is 1. The lowest BCUT2D eigenvalue weighted by atomic mass is 10.2. The van der Waals surface area contributed by atoms with Crippen molar-refractivity contribution in [3.05, 3.63) is 23.2 Å². The van der Waals surface area contributed by atoms with E-state index in [0.29, 0.717) is 18.2 Å². The molecule has 1 fully saturated rings. The van der Waals surface area contributed by atoms with Crippen molar-refractivity contribution >= 4 is 17.3 Å². The molecule has 1 aromatic rings. The predicted molar refractivity (Wildman–Crippen MR) is 67.0 cm³/mol. The van der Waals surface area contributed by atoms with Crippen molar-refractivity contribution in [3.63, 3.8) is 0 Å². The van der Waals surface area contributed by atoms with Crippen LogP contribution >= 0.6 is 11.6 Å². The molecular formula is C12H16ClNO3. The average molecular weight is 258 g/mol. The van der Waals surface area contributed by atoms with Crippen molar-refractivity contribution in [1.29, 1.82) is 0 Å². The molecule has 1 saturated heterocycles. The SMILES string of the molecule is COc1ccc(Cl)cc1N1CCOCC1CO. The van der Waals surface area contributed by atoms with Crippen LogP contribution in [-0.2, 0) is 4.74 Å². The van der Waals surface area contributed by atoms with Crippen LogP contribution in [0.4, 0.5) is 5.69 Å². The summed E-state index contributed by atoms with van der Waals surface area (Å²) in [6, 6.07) is 5.44. The van der Waals surface area contributed by atoms with E-state index in [0.717, 1.165) is 18.0 Å². The van der Waals surface area contributed by atoms with E-state index in [4.69, 9.17) is 21.1 Å². The van der Waals surface area contributed by atoms with Crippen LogP contribution < -0.4 is 9.64 Å². The summed E-state index contributed by atoms with van der Waals surface area (Å²) < 4.78 is 10.7. The van der Waals surface area contributed by atoms with Crippen molar-refractivity contribution in [3.8, 4) is 5.75 Å². The van der Waals surface area contributed by atoms with Gasteiger partial charge in [-0.15, -0.1) is 0 Å². The maximum absolute atomic E-state index is 9.36. The summed E-state index contributed by atoms with van der Waals surface area (Å²) in [5.74, 6) is 0.759. The maximum Gasteiger partial charge on any atom is 0.142 e. The number of benzene rings is 1. The highest BCUT2D eigenvalue weighted by Gasteiger charge is 2.25. The first kappa shape index (κ1) is 12.5. The lowest BCUT2D eigenvalue weighted by Gasteiger charge is -2.37. The fourth-order valence-corrected chi connectivity index (χ4v) is 2.18. The van der Waals surface area contributed by atoms with E-state index < -0.39 is 0 Å². The Morgan fingerprint density at radius 1 is 1.59 bits per heavy atom. The Labute approximate surface area is 106 Å². The van der Waals surface area contributed by atoms with Crippen LogP contribution in [0.1, 0.15) is 0 Å². The standard InChI is InChI=1S/C12H16ClNO3/c1-16-12-3-2-9(13)6-11(12)14-4-5-17-8-10(14)7-15/h2-3,6,10,15H,4-5,7-8H2,1H3. The first-order chi connectivity index (χ1) is 8.26. The van der Waals surface area contributed by atoms with E-state index in [9.17, 15) is 5.11 Å². The Hall–Kier alpha value is -0.970. The third-order valence-electron chi connectivity index (χ3n) is 2.89. The fourth-order valence-electron chi connectivity index (χ4n) is 2.01. The Balaban J connectivity index is 2.33. The van der Waals surface area contributed by atoms with Crippen LogP contribution in [0.15, 0.2) is 18.2 Å². The third-order valence-corrected chi connectivity index (χ3v) is 3.12. The summed E-state index contributed by atoms with van der Waals surface area (Å²) >= 11 is 6.01. The second-order valence-corrected chi connectivity index (χ2v) is 4.36. The molecule has 17 heavy (non-hydrogen) atoms. The molecule has 0 aliphatic carbocycles. The van der Waals surface area contributed by atoms with E-state index in [1.165, 1.54) is 0 Å². The molecule has 1 atom stereocenters. The van der Waals surface area contributed by atoms with Crippen LogP contribution in [0.25, 0.3) is 0 Å². The molecule has 0 radical (unpaired) electrons. The van der Waals surface area contributed by atoms with Crippen molar-refractivity contribution in [1.82, 2.24) is 0 Å². The molecular weight excluding hydrogens is 242 g/mol. The zero-order valence-electron chi connectivity index (χ0n) is 9.73. The number of ether oxygens (including phenoxy) is 2. The number of halogens is 1. The number of methoxy groups -OCH3 is 1. The van der Waals surface area contributed by atoms with Crippen LogP contribution in [0.2, 0.25) is 5.02 Å². The normalized spacial score (nSPS) is 20.4. The second-order valence-electron chi connectivity index (χ2n) is 3.92. The average Bonchev–Trinajstić information content (AvgIpc) is 2.38. The molecule has 94 valence electrons. The Morgan fingerprint density at radius 2 is 2.41 bits per heavy atom. The molecule has 0 saturated carbocycles. The molecule has 1 heterocycles. The van der Waals surface area contributed by atoms with Gasteiger partial charge in [-0.2, -0.15) is 0 Å². The molecule has 0 bridgehead atoms. The molecule has 1 unspecified atom stereocenters. The number of rotatable bonds is 3. The monoisotopic (exact) mass is 257 g/mol. The fraction of sp³-hybridized carbons (Fsp3) is 0.500. The number of aliphatic hydroxyl groups is 1. The van der Waals surface area contributed by atoms with Gasteiger partial charge in [0.15, 0.2) is 0 Å². The lowest BCUT2D eigenvalue weighted by Crippen LogP contribution is -2.47. The van der Waals surface area contributed by atoms with Gasteiger partial charge in [-0.25, -0.2) is 0 Å². The van der Waals surface area contributed by atoms with E-state index in [2.05, 4.69) is 4.90 Å². The zero-order chi connectivity index (χ0) is 12.3. The van der Waals surface area contributed by atoms with Crippen LogP contribution in [0.5, 0.6) is 5.75 Å². The summed E-state index contributed by atoms with van der Waals surface area (Å²) in [5.41, 5.74) is 0.905. The number of hydrogen-bond donors (Lipinski definition) is 1. The third kappa shape index (κ3) is 2.65. The van der Waals surface area contributed by atoms with E-state index in [-0.39, 0.29) is 12.6 Å². The van der Waals surface area contributed by atoms with Crippen molar-refractivity contribution < 1.29 is 14.6 Å². The quantitative estimate of drug-likeness (QED) is 0.892. The maximum atomic E-state index is 9.36. The first-order valence-corrected chi connectivity index (χ1v) is 5.93. The number of hydrogen-bond acceptors (Lipinski definition) is 4. The van der Waals surface area contributed by atoms with Gasteiger partial charge in [0.25, 0.3) is 0 Å². The summed E-state index contributed by atoms with van der Waals surface area (Å²) in [6.45, 7) is 1.94. The molecule has 0 spiro atoms. The highest BCUT2D eigenvalue weighted by molar-refractivity contribution is 6.30. The Bertz CT molecular complexity index is 386. The highest BCUT2D eigenvalue weighted by atomic mass is 35.5. The minimum absolute atomic E-state index is 0.0453. The minimum atomic E-state index is -0.0453. The van der Waals surface area contributed by atoms with Gasteiger partial charge in [0.05, 0.1) is 38.7 Å². The minimum Gasteiger partial charge on any atom is -0.495 e. The van der Waals surface area contributed by atoms with E-state index >= 15 is 0 Å². The van der Waals surface area contributed by atoms with Gasteiger partial charge in [-0.05, 0) is 18.2 Å². The van der Waals surface area contributed by atoms with Gasteiger partial charge in [-0.1, -0.05) is 11.6 Å². The molecule has 4 nitrogen and oxygen atoms in total. The first-order valence-electron chi connectivity index (χ1n) is 5.55. The van der Waals surface area contributed by atoms with Gasteiger partial charge in [0, 0.05) is 11.6 Å². The van der Waals surface area contributed by atoms with Crippen LogP contribution in [-0.4, -0.2) is 44.6 Å². The summed E-state index contributed by atoms with van der Waals surface area (Å²) in [7, 11) is 1.63. The molecule has 1 aromatic carbocycles. The predicted octanol–water partition coefficient (Wildman–Crippen LogP) is 1.55. The van der Waals surface area contributed by atoms with Crippen LogP contribution in [0.3, 0.4) is 0 Å². The topological polar surface area (TPSA) is 41.9 Å². The Morgan fingerprint density at radius 3 is 3.12 bits per heavy atom. The van der Waals surface area contributed by atoms with E-state index in [1.807, 2.05) is 12.1 Å². The van der Waals surface area contributed by atoms with Gasteiger partial charge >= 0.3 is 0 Å². The number of aliphatic hydroxyl groups excluding tert-OH is 1. The van der Waals surface area contributed by atoms with Gasteiger partial charge < -0.3 is 19.5 Å². The number of nitrogens with zero attached hydrogens (tertiary/aromatic N) is 1. The van der Waals surface area contributed by atoms with E-state index in [1.54, 1.807) is 13.2 Å². The molecule has 1 N–H and O–H groups in total. The molecule has 0 amide bonds. The van der Waals surface area contributed by atoms with Gasteiger partial charge in [-0.3, -0.25) is 0 Å². The largest absolute Gasteiger partial charge is 0.495 e. The molecule has 1 aliphatic rings. The van der Waals surface area contributed by atoms with Gasteiger partial charge in [0.1, 0.15) is 5.75 Å². The lowest BCUT2D eigenvalue weighted by molar-refractivity contribution is 0.0724. The summed E-state index contributed by atoms with van der Waals surface area (Å²) in [4.78, 5) is 2.08. The van der Waals surface area contributed by atoms with Crippen molar-refractivity contribution in [2.45, 2.75) is 6.04 Å². The highest BCUT2D eigenvalue weighted by Crippen LogP contribution is 2.33. The van der Waals surface area contributed by atoms with Gasteiger partial charge in [0.2, 0.25) is 0 Å². The zero-order valence-corrected chi connectivity index (χ0v) is 10.5. The molecule has 1 aliphatic heterocycles. The molecule has 0 aromatic heterocycles. The van der Waals surface area contributed by atoms with Crippen LogP contribution in [0, 0.1) is 0 Å². The Kier molecular flexibility index (Phi) is 4.10. The molecule has 5 heteroatoms. The summed E-state index contributed by atoms with van der Waals surface area (Å²) in [5, 5.41) is 10.0. The number of anilines is 1. The smallest absolute Gasteiger partial charge is 0.142 e. The summed E-state index contributed by atoms with van der Waals surface area (Å²) in [6.07, 6.45) is 0. The molecule has 2 rings (SSSR count). The van der Waals surface area contributed by atoms with Crippen molar-refractivity contribution in [2.24, 2.45) is 0 Å². The second kappa shape index (κ2) is 5.58.